The van der Waals surface area contributed by atoms with Gasteiger partial charge in [0.15, 0.2) is 6.29 Å². The minimum atomic E-state index is -0.298. The summed E-state index contributed by atoms with van der Waals surface area (Å²) in [5, 5.41) is 15.5. The van der Waals surface area contributed by atoms with Crippen LogP contribution in [0.4, 0.5) is 0 Å². The molecule has 1 aliphatic heterocycles. The molecule has 0 spiro atoms. The van der Waals surface area contributed by atoms with Crippen LogP contribution in [-0.4, -0.2) is 35.7 Å². The molecule has 84 valence electrons. The van der Waals surface area contributed by atoms with Gasteiger partial charge in [-0.05, 0) is 19.3 Å². The van der Waals surface area contributed by atoms with Crippen LogP contribution in [0.25, 0.3) is 0 Å². The van der Waals surface area contributed by atoms with E-state index in [4.69, 9.17) is 0 Å². The third kappa shape index (κ3) is 3.00. The van der Waals surface area contributed by atoms with E-state index in [1.165, 1.54) is 6.21 Å². The van der Waals surface area contributed by atoms with E-state index in [-0.39, 0.29) is 24.3 Å². The topological polar surface area (TPSA) is 73.7 Å². The predicted molar refractivity (Wildman–Crippen MR) is 56.4 cm³/mol. The maximum atomic E-state index is 10.9. The largest absolute Gasteiger partial charge is 0.393 e. The first-order valence-electron chi connectivity index (χ1n) is 5.52. The Hall–Kier alpha value is -0.940. The summed E-state index contributed by atoms with van der Waals surface area (Å²) in [6.07, 6.45) is 5.67. The second-order valence-electron chi connectivity index (χ2n) is 4.23. The molecule has 0 aromatic rings. The van der Waals surface area contributed by atoms with Crippen molar-refractivity contribution in [2.45, 2.75) is 50.5 Å². The van der Waals surface area contributed by atoms with Gasteiger partial charge < -0.3 is 10.4 Å². The Morgan fingerprint density at radius 1 is 1.47 bits per heavy atom. The van der Waals surface area contributed by atoms with Gasteiger partial charge in [0.1, 0.15) is 0 Å². The van der Waals surface area contributed by atoms with E-state index in [1.807, 2.05) is 0 Å². The molecule has 5 heteroatoms. The van der Waals surface area contributed by atoms with Crippen molar-refractivity contribution < 1.29 is 9.90 Å². The van der Waals surface area contributed by atoms with E-state index in [2.05, 4.69) is 15.6 Å². The lowest BCUT2D eigenvalue weighted by molar-refractivity contribution is -0.114. The Labute approximate surface area is 89.0 Å². The number of amides is 1. The molecule has 0 radical (unpaired) electrons. The van der Waals surface area contributed by atoms with Crippen molar-refractivity contribution in [3.63, 3.8) is 0 Å². The number of aliphatic hydroxyl groups is 1. The monoisotopic (exact) mass is 211 g/mol. The molecule has 0 saturated heterocycles. The molecule has 1 fully saturated rings. The average molecular weight is 211 g/mol. The molecule has 3 atom stereocenters. The molecule has 2 rings (SSSR count). The Kier molecular flexibility index (Phi) is 3.33. The third-order valence-corrected chi connectivity index (χ3v) is 2.91. The fourth-order valence-corrected chi connectivity index (χ4v) is 2.15. The summed E-state index contributed by atoms with van der Waals surface area (Å²) in [4.78, 5) is 14.9. The van der Waals surface area contributed by atoms with Crippen molar-refractivity contribution in [3.05, 3.63) is 0 Å². The predicted octanol–water partition coefficient (Wildman–Crippen LogP) is -0.246. The Balaban J connectivity index is 1.82. The zero-order valence-electron chi connectivity index (χ0n) is 8.65. The minimum Gasteiger partial charge on any atom is -0.393 e. The summed E-state index contributed by atoms with van der Waals surface area (Å²) < 4.78 is 0. The maximum Gasteiger partial charge on any atom is 0.264 e. The molecule has 5 nitrogen and oxygen atoms in total. The number of carbonyl (C=O) groups is 1. The van der Waals surface area contributed by atoms with Gasteiger partial charge in [-0.15, -0.1) is 0 Å². The zero-order chi connectivity index (χ0) is 10.7. The normalized spacial score (nSPS) is 36.3. The highest BCUT2D eigenvalue weighted by molar-refractivity contribution is 6.27. The number of carbonyl (C=O) groups excluding carboxylic acids is 1. The van der Waals surface area contributed by atoms with Crippen LogP contribution >= 0.6 is 0 Å². The van der Waals surface area contributed by atoms with Crippen molar-refractivity contribution in [1.82, 2.24) is 10.6 Å². The van der Waals surface area contributed by atoms with Crippen LogP contribution in [0.5, 0.6) is 0 Å². The smallest absolute Gasteiger partial charge is 0.264 e. The first kappa shape index (κ1) is 10.6. The first-order valence-corrected chi connectivity index (χ1v) is 5.52. The van der Waals surface area contributed by atoms with Gasteiger partial charge in [-0.3, -0.25) is 10.1 Å². The summed E-state index contributed by atoms with van der Waals surface area (Å²) in [5.74, 6) is -0.151. The molecule has 1 amide bonds. The van der Waals surface area contributed by atoms with Gasteiger partial charge in [0.25, 0.3) is 5.91 Å². The van der Waals surface area contributed by atoms with Crippen LogP contribution in [0.2, 0.25) is 0 Å². The van der Waals surface area contributed by atoms with E-state index < -0.39 is 0 Å². The van der Waals surface area contributed by atoms with E-state index in [0.717, 1.165) is 32.1 Å². The number of hydrogen-bond donors (Lipinski definition) is 3. The van der Waals surface area contributed by atoms with Crippen molar-refractivity contribution in [1.29, 1.82) is 0 Å². The van der Waals surface area contributed by atoms with Crippen molar-refractivity contribution >= 4 is 12.1 Å². The minimum absolute atomic E-state index is 0.151. The quantitative estimate of drug-likeness (QED) is 0.552. The Bertz CT molecular complexity index is 267. The molecule has 3 N–H and O–H groups in total. The van der Waals surface area contributed by atoms with E-state index in [0.29, 0.717) is 0 Å². The van der Waals surface area contributed by atoms with Gasteiger partial charge >= 0.3 is 0 Å². The molecule has 0 bridgehead atoms. The lowest BCUT2D eigenvalue weighted by atomic mass is 10.1. The van der Waals surface area contributed by atoms with Crippen LogP contribution < -0.4 is 10.6 Å². The van der Waals surface area contributed by atoms with Crippen LogP contribution in [0.15, 0.2) is 4.99 Å². The third-order valence-electron chi connectivity index (χ3n) is 2.91. The number of aliphatic imine (C=N–C) groups is 1. The number of aliphatic hydroxyl groups excluding tert-OH is 1. The molecular weight excluding hydrogens is 194 g/mol. The molecule has 1 unspecified atom stereocenters. The molecule has 1 saturated carbocycles. The van der Waals surface area contributed by atoms with Crippen LogP contribution in [0.3, 0.4) is 0 Å². The molecule has 1 aliphatic carbocycles. The summed E-state index contributed by atoms with van der Waals surface area (Å²) in [5.41, 5.74) is 0. The Morgan fingerprint density at radius 2 is 2.27 bits per heavy atom. The van der Waals surface area contributed by atoms with E-state index >= 15 is 0 Å². The highest BCUT2D eigenvalue weighted by Crippen LogP contribution is 2.18. The summed E-state index contributed by atoms with van der Waals surface area (Å²) in [6, 6.07) is 0.253. The van der Waals surface area contributed by atoms with E-state index in [1.54, 1.807) is 0 Å². The van der Waals surface area contributed by atoms with Gasteiger partial charge in [-0.1, -0.05) is 12.8 Å². The lowest BCUT2D eigenvalue weighted by Gasteiger charge is -2.21. The second kappa shape index (κ2) is 4.72. The number of rotatable bonds is 2. The molecular formula is C10H17N3O2. The number of nitrogens with zero attached hydrogens (tertiary/aromatic N) is 1. The van der Waals surface area contributed by atoms with Gasteiger partial charge in [0, 0.05) is 6.04 Å². The highest BCUT2D eigenvalue weighted by atomic mass is 16.3. The van der Waals surface area contributed by atoms with Crippen LogP contribution in [0, 0.1) is 0 Å². The molecule has 15 heavy (non-hydrogen) atoms. The number of nitrogens with one attached hydrogen (secondary N) is 2. The molecule has 1 heterocycles. The van der Waals surface area contributed by atoms with Gasteiger partial charge in [-0.25, -0.2) is 4.99 Å². The standard InChI is InChI=1S/C10H17N3O2/c14-8-4-2-1-3-7(5-8)12-10-11-6-9(15)13-10/h6-8,10,12,14H,1-5H2,(H,13,15)/t7-,8+,10?/m0/s1. The molecule has 0 aromatic heterocycles. The lowest BCUT2D eigenvalue weighted by Crippen LogP contribution is -2.45. The van der Waals surface area contributed by atoms with Crippen molar-refractivity contribution in [2.75, 3.05) is 0 Å². The van der Waals surface area contributed by atoms with Gasteiger partial charge in [0.05, 0.1) is 12.3 Å². The first-order chi connectivity index (χ1) is 7.24. The molecule has 0 aromatic carbocycles. The van der Waals surface area contributed by atoms with Crippen LogP contribution in [0.1, 0.15) is 32.1 Å². The summed E-state index contributed by atoms with van der Waals surface area (Å²) in [6.45, 7) is 0. The van der Waals surface area contributed by atoms with Gasteiger partial charge in [-0.2, -0.15) is 0 Å². The Morgan fingerprint density at radius 3 is 3.00 bits per heavy atom. The molecule has 2 aliphatic rings. The summed E-state index contributed by atoms with van der Waals surface area (Å²) in [7, 11) is 0. The second-order valence-corrected chi connectivity index (χ2v) is 4.23. The SMILES string of the molecule is O=C1C=NC(N[C@H]2CCCC[C@@H](O)C2)N1. The summed E-state index contributed by atoms with van der Waals surface area (Å²) >= 11 is 0. The number of hydrogen-bond acceptors (Lipinski definition) is 4. The highest BCUT2D eigenvalue weighted by Gasteiger charge is 2.23. The van der Waals surface area contributed by atoms with Crippen molar-refractivity contribution in [2.24, 2.45) is 4.99 Å². The average Bonchev–Trinajstić information content (AvgIpc) is 2.46. The zero-order valence-corrected chi connectivity index (χ0v) is 8.65. The fraction of sp³-hybridized carbons (Fsp3) is 0.800. The van der Waals surface area contributed by atoms with E-state index in [9.17, 15) is 9.90 Å². The van der Waals surface area contributed by atoms with Gasteiger partial charge in [0.2, 0.25) is 0 Å². The van der Waals surface area contributed by atoms with Crippen LogP contribution in [-0.2, 0) is 4.79 Å². The fourth-order valence-electron chi connectivity index (χ4n) is 2.15. The van der Waals surface area contributed by atoms with Crippen molar-refractivity contribution in [3.8, 4) is 0 Å². The maximum absolute atomic E-state index is 10.9.